The number of carbonyl (C=O) groups excluding carboxylic acids is 2. The Bertz CT molecular complexity index is 766. The number of hydrogen-bond donors (Lipinski definition) is 3. The van der Waals surface area contributed by atoms with Gasteiger partial charge in [-0.3, -0.25) is 4.79 Å². The van der Waals surface area contributed by atoms with Gasteiger partial charge in [-0.25, -0.2) is 13.2 Å². The summed E-state index contributed by atoms with van der Waals surface area (Å²) in [4.78, 5) is 23.3. The van der Waals surface area contributed by atoms with Crippen molar-refractivity contribution in [1.82, 2.24) is 10.6 Å². The third kappa shape index (κ3) is 4.24. The van der Waals surface area contributed by atoms with Crippen molar-refractivity contribution in [3.8, 4) is 0 Å². The minimum absolute atomic E-state index is 0.0157. The van der Waals surface area contributed by atoms with E-state index in [1.165, 1.54) is 0 Å². The lowest BCUT2D eigenvalue weighted by Gasteiger charge is -2.16. The Kier molecular flexibility index (Phi) is 5.19. The van der Waals surface area contributed by atoms with E-state index in [1.54, 1.807) is 24.3 Å². The lowest BCUT2D eigenvalue weighted by molar-refractivity contribution is -0.116. The first-order valence-corrected chi connectivity index (χ1v) is 10.3. The molecule has 1 aromatic carbocycles. The van der Waals surface area contributed by atoms with E-state index in [4.69, 9.17) is 11.6 Å². The fraction of sp³-hybridized carbons (Fsp3) is 0.500. The SMILES string of the molecule is O=C(CCCC[C@@H]1[C@H]2NC(=O)N[C@H]2CS1(=O)=O)Nc1ccc(Cl)cc1. The lowest BCUT2D eigenvalue weighted by atomic mass is 10.0. The molecule has 0 radical (unpaired) electrons. The standard InChI is InChI=1S/C16H20ClN3O4S/c17-10-5-7-11(8-6-10)18-14(21)4-2-1-3-13-15-12(9-25(13,23)24)19-16(22)20-15/h5-8,12-13,15H,1-4,9H2,(H,18,21)(H2,19,20,22)/t12-,13+,15-/m0/s1. The van der Waals surface area contributed by atoms with Crippen LogP contribution >= 0.6 is 11.6 Å². The summed E-state index contributed by atoms with van der Waals surface area (Å²) in [5.41, 5.74) is 0.676. The first-order valence-electron chi connectivity index (χ1n) is 8.19. The number of halogens is 1. The minimum Gasteiger partial charge on any atom is -0.332 e. The molecule has 25 heavy (non-hydrogen) atoms. The van der Waals surface area contributed by atoms with Crippen molar-refractivity contribution >= 4 is 39.1 Å². The van der Waals surface area contributed by atoms with Crippen molar-refractivity contribution in [2.45, 2.75) is 43.0 Å². The zero-order valence-corrected chi connectivity index (χ0v) is 15.1. The predicted octanol–water partition coefficient (Wildman–Crippen LogP) is 1.69. The molecule has 7 nitrogen and oxygen atoms in total. The molecule has 0 saturated carbocycles. The van der Waals surface area contributed by atoms with Crippen molar-refractivity contribution in [1.29, 1.82) is 0 Å². The third-order valence-corrected chi connectivity index (χ3v) is 7.12. The van der Waals surface area contributed by atoms with Crippen LogP contribution in [0.5, 0.6) is 0 Å². The number of unbranched alkanes of at least 4 members (excludes halogenated alkanes) is 1. The van der Waals surface area contributed by atoms with Crippen molar-refractivity contribution in [3.05, 3.63) is 29.3 Å². The average Bonchev–Trinajstić information content (AvgIpc) is 2.98. The first kappa shape index (κ1) is 18.0. The number of carbonyl (C=O) groups is 2. The number of benzene rings is 1. The van der Waals surface area contributed by atoms with Gasteiger partial charge in [-0.05, 0) is 37.1 Å². The fourth-order valence-electron chi connectivity index (χ4n) is 3.39. The molecule has 3 atom stereocenters. The number of anilines is 1. The molecule has 0 bridgehead atoms. The van der Waals surface area contributed by atoms with Crippen LogP contribution in [-0.2, 0) is 14.6 Å². The molecule has 2 fully saturated rings. The van der Waals surface area contributed by atoms with E-state index < -0.39 is 15.1 Å². The Morgan fingerprint density at radius 3 is 2.64 bits per heavy atom. The van der Waals surface area contributed by atoms with Gasteiger partial charge in [-0.15, -0.1) is 0 Å². The second-order valence-electron chi connectivity index (χ2n) is 6.42. The number of sulfone groups is 1. The van der Waals surface area contributed by atoms with Crippen LogP contribution in [0.15, 0.2) is 24.3 Å². The van der Waals surface area contributed by atoms with Crippen LogP contribution in [0.25, 0.3) is 0 Å². The minimum atomic E-state index is -3.21. The van der Waals surface area contributed by atoms with Gasteiger partial charge < -0.3 is 16.0 Å². The Morgan fingerprint density at radius 1 is 1.20 bits per heavy atom. The fourth-order valence-corrected chi connectivity index (χ4v) is 5.79. The maximum absolute atomic E-state index is 12.2. The molecule has 3 N–H and O–H groups in total. The zero-order valence-electron chi connectivity index (χ0n) is 13.5. The molecular formula is C16H20ClN3O4S. The maximum atomic E-state index is 12.2. The van der Waals surface area contributed by atoms with E-state index in [0.717, 1.165) is 0 Å². The molecular weight excluding hydrogens is 366 g/mol. The quantitative estimate of drug-likeness (QED) is 0.512. The summed E-state index contributed by atoms with van der Waals surface area (Å²) in [6.45, 7) is 0. The summed E-state index contributed by atoms with van der Waals surface area (Å²) in [6, 6.07) is 5.83. The number of nitrogens with one attached hydrogen (secondary N) is 3. The largest absolute Gasteiger partial charge is 0.332 e. The van der Waals surface area contributed by atoms with Crippen LogP contribution in [0.3, 0.4) is 0 Å². The summed E-state index contributed by atoms with van der Waals surface area (Å²) in [7, 11) is -3.21. The smallest absolute Gasteiger partial charge is 0.315 e. The molecule has 2 saturated heterocycles. The van der Waals surface area contributed by atoms with E-state index in [-0.39, 0.29) is 29.8 Å². The molecule has 2 aliphatic heterocycles. The maximum Gasteiger partial charge on any atom is 0.315 e. The van der Waals surface area contributed by atoms with Crippen LogP contribution in [0, 0.1) is 0 Å². The molecule has 3 rings (SSSR count). The summed E-state index contributed by atoms with van der Waals surface area (Å²) in [5.74, 6) is -0.136. The van der Waals surface area contributed by atoms with E-state index in [1.807, 2.05) is 0 Å². The molecule has 9 heteroatoms. The van der Waals surface area contributed by atoms with Gasteiger partial charge in [0.25, 0.3) is 0 Å². The normalized spacial score (nSPS) is 26.6. The number of amides is 3. The van der Waals surface area contributed by atoms with Crippen LogP contribution in [0.4, 0.5) is 10.5 Å². The molecule has 1 aromatic rings. The van der Waals surface area contributed by atoms with Gasteiger partial charge in [-0.2, -0.15) is 0 Å². The van der Waals surface area contributed by atoms with Crippen LogP contribution in [-0.4, -0.2) is 43.4 Å². The average molecular weight is 386 g/mol. The Morgan fingerprint density at radius 2 is 1.92 bits per heavy atom. The number of rotatable bonds is 6. The van der Waals surface area contributed by atoms with Crippen molar-refractivity contribution in [2.75, 3.05) is 11.1 Å². The summed E-state index contributed by atoms with van der Waals surface area (Å²) in [5, 5.41) is 8.13. The molecule has 3 amide bonds. The molecule has 136 valence electrons. The molecule has 0 spiro atoms. The van der Waals surface area contributed by atoms with E-state index in [0.29, 0.717) is 36.4 Å². The molecule has 0 aromatic heterocycles. The Balaban J connectivity index is 1.44. The Hall–Kier alpha value is -1.80. The number of urea groups is 1. The third-order valence-electron chi connectivity index (χ3n) is 4.59. The monoisotopic (exact) mass is 385 g/mol. The molecule has 0 unspecified atom stereocenters. The van der Waals surface area contributed by atoms with Crippen LogP contribution in [0.1, 0.15) is 25.7 Å². The predicted molar refractivity (Wildman–Crippen MR) is 95.4 cm³/mol. The summed E-state index contributed by atoms with van der Waals surface area (Å²) >= 11 is 5.79. The number of hydrogen-bond acceptors (Lipinski definition) is 4. The highest BCUT2D eigenvalue weighted by Gasteiger charge is 2.51. The van der Waals surface area contributed by atoms with Gasteiger partial charge in [-0.1, -0.05) is 18.0 Å². The highest BCUT2D eigenvalue weighted by Crippen LogP contribution is 2.28. The van der Waals surface area contributed by atoms with Crippen molar-refractivity contribution in [2.24, 2.45) is 0 Å². The second kappa shape index (κ2) is 7.21. The lowest BCUT2D eigenvalue weighted by Crippen LogP contribution is -2.39. The summed E-state index contributed by atoms with van der Waals surface area (Å²) < 4.78 is 24.4. The van der Waals surface area contributed by atoms with Gasteiger partial charge in [0, 0.05) is 17.1 Å². The second-order valence-corrected chi connectivity index (χ2v) is 9.12. The molecule has 2 aliphatic rings. The van der Waals surface area contributed by atoms with Gasteiger partial charge >= 0.3 is 6.03 Å². The van der Waals surface area contributed by atoms with Crippen molar-refractivity contribution < 1.29 is 18.0 Å². The first-order chi connectivity index (χ1) is 11.8. The highest BCUT2D eigenvalue weighted by atomic mass is 35.5. The zero-order chi connectivity index (χ0) is 18.0. The van der Waals surface area contributed by atoms with Crippen LogP contribution < -0.4 is 16.0 Å². The van der Waals surface area contributed by atoms with E-state index >= 15 is 0 Å². The van der Waals surface area contributed by atoms with E-state index in [2.05, 4.69) is 16.0 Å². The molecule has 2 heterocycles. The van der Waals surface area contributed by atoms with Gasteiger partial charge in [0.05, 0.1) is 23.1 Å². The van der Waals surface area contributed by atoms with Gasteiger partial charge in [0.1, 0.15) is 0 Å². The number of fused-ring (bicyclic) bond motifs is 1. The topological polar surface area (TPSA) is 104 Å². The highest BCUT2D eigenvalue weighted by molar-refractivity contribution is 7.92. The van der Waals surface area contributed by atoms with Gasteiger partial charge in [0.15, 0.2) is 9.84 Å². The van der Waals surface area contributed by atoms with Crippen molar-refractivity contribution in [3.63, 3.8) is 0 Å². The Labute approximate surface area is 151 Å². The summed E-state index contributed by atoms with van der Waals surface area (Å²) in [6.07, 6.45) is 1.95. The molecule has 0 aliphatic carbocycles. The van der Waals surface area contributed by atoms with Crippen LogP contribution in [0.2, 0.25) is 5.02 Å². The van der Waals surface area contributed by atoms with E-state index in [9.17, 15) is 18.0 Å². The van der Waals surface area contributed by atoms with Gasteiger partial charge in [0.2, 0.25) is 5.91 Å².